The molecule has 2 fully saturated rings. The fraction of sp³-hybridized carbons (Fsp3) is 0.750. The summed E-state index contributed by atoms with van der Waals surface area (Å²) in [4.78, 5) is 16.7. The SMILES string of the molecule is CN(C)[C@@H]1CC[C@H](NC(=O)N2CCS(=O)(=O)C[C@H]2c2cnn(C)c2)C1. The molecule has 8 nitrogen and oxygen atoms in total. The summed E-state index contributed by atoms with van der Waals surface area (Å²) < 4.78 is 25.8. The quantitative estimate of drug-likeness (QED) is 0.832. The van der Waals surface area contributed by atoms with E-state index in [0.29, 0.717) is 6.04 Å². The number of aromatic nitrogens is 2. The topological polar surface area (TPSA) is 87.5 Å². The summed E-state index contributed by atoms with van der Waals surface area (Å²) in [6.45, 7) is 0.220. The molecule has 25 heavy (non-hydrogen) atoms. The van der Waals surface area contributed by atoms with Gasteiger partial charge in [0.05, 0.1) is 23.7 Å². The van der Waals surface area contributed by atoms with Crippen molar-refractivity contribution in [1.29, 1.82) is 0 Å². The highest BCUT2D eigenvalue weighted by molar-refractivity contribution is 7.91. The van der Waals surface area contributed by atoms with Gasteiger partial charge in [-0.1, -0.05) is 0 Å². The Labute approximate surface area is 149 Å². The van der Waals surface area contributed by atoms with Crippen molar-refractivity contribution in [3.8, 4) is 0 Å². The second-order valence-corrected chi connectivity index (χ2v) is 9.58. The number of hydrogen-bond donors (Lipinski definition) is 1. The van der Waals surface area contributed by atoms with Crippen LogP contribution >= 0.6 is 0 Å². The van der Waals surface area contributed by atoms with Gasteiger partial charge in [-0.2, -0.15) is 5.10 Å². The monoisotopic (exact) mass is 369 g/mol. The average Bonchev–Trinajstić information content (AvgIpc) is 3.15. The van der Waals surface area contributed by atoms with E-state index in [1.54, 1.807) is 29.0 Å². The summed E-state index contributed by atoms with van der Waals surface area (Å²) in [5.74, 6) is -0.0285. The number of carbonyl (C=O) groups excluding carboxylic acids is 1. The predicted octanol–water partition coefficient (Wildman–Crippen LogP) is 0.384. The number of nitrogens with one attached hydrogen (secondary N) is 1. The van der Waals surface area contributed by atoms with Crippen molar-refractivity contribution < 1.29 is 13.2 Å². The molecule has 0 unspecified atom stereocenters. The first-order valence-corrected chi connectivity index (χ1v) is 10.5. The van der Waals surface area contributed by atoms with Gasteiger partial charge in [0.15, 0.2) is 9.84 Å². The van der Waals surface area contributed by atoms with E-state index in [0.717, 1.165) is 24.8 Å². The minimum atomic E-state index is -3.15. The molecule has 1 aliphatic carbocycles. The minimum Gasteiger partial charge on any atom is -0.335 e. The summed E-state index contributed by atoms with van der Waals surface area (Å²) >= 11 is 0. The van der Waals surface area contributed by atoms with Crippen LogP contribution in [0.2, 0.25) is 0 Å². The Morgan fingerprint density at radius 1 is 1.36 bits per heavy atom. The van der Waals surface area contributed by atoms with E-state index in [4.69, 9.17) is 0 Å². The lowest BCUT2D eigenvalue weighted by Crippen LogP contribution is -2.52. The molecule has 0 aromatic carbocycles. The molecule has 3 atom stereocenters. The molecule has 1 aliphatic heterocycles. The minimum absolute atomic E-state index is 0.0160. The Bertz CT molecular complexity index is 730. The van der Waals surface area contributed by atoms with Crippen LogP contribution in [0.3, 0.4) is 0 Å². The lowest BCUT2D eigenvalue weighted by molar-refractivity contribution is 0.176. The highest BCUT2D eigenvalue weighted by atomic mass is 32.2. The van der Waals surface area contributed by atoms with Crippen LogP contribution in [0.1, 0.15) is 30.9 Å². The molecule has 1 N–H and O–H groups in total. The second-order valence-electron chi connectivity index (χ2n) is 7.35. The first-order valence-electron chi connectivity index (χ1n) is 8.68. The number of amides is 2. The highest BCUT2D eigenvalue weighted by Crippen LogP contribution is 2.28. The van der Waals surface area contributed by atoms with Gasteiger partial charge in [0.25, 0.3) is 0 Å². The molecule has 1 aromatic rings. The lowest BCUT2D eigenvalue weighted by atomic mass is 10.1. The van der Waals surface area contributed by atoms with Gasteiger partial charge in [0.2, 0.25) is 0 Å². The molecule has 2 heterocycles. The van der Waals surface area contributed by atoms with Crippen molar-refractivity contribution >= 4 is 15.9 Å². The Morgan fingerprint density at radius 3 is 2.72 bits per heavy atom. The highest BCUT2D eigenvalue weighted by Gasteiger charge is 2.37. The van der Waals surface area contributed by atoms with Crippen LogP contribution in [0.15, 0.2) is 12.4 Å². The van der Waals surface area contributed by atoms with Crippen molar-refractivity contribution in [2.75, 3.05) is 32.1 Å². The van der Waals surface area contributed by atoms with Crippen LogP contribution in [-0.4, -0.2) is 78.3 Å². The number of nitrogens with zero attached hydrogens (tertiary/aromatic N) is 4. The van der Waals surface area contributed by atoms with E-state index in [2.05, 4.69) is 29.4 Å². The molecule has 3 rings (SSSR count). The molecular weight excluding hydrogens is 342 g/mol. The summed E-state index contributed by atoms with van der Waals surface area (Å²) in [5, 5.41) is 7.23. The third kappa shape index (κ3) is 4.14. The smallest absolute Gasteiger partial charge is 0.318 e. The number of hydrogen-bond acceptors (Lipinski definition) is 5. The maximum absolute atomic E-state index is 12.8. The van der Waals surface area contributed by atoms with Crippen LogP contribution in [0.4, 0.5) is 4.79 Å². The number of carbonyl (C=O) groups is 1. The second kappa shape index (κ2) is 6.95. The summed E-state index contributed by atoms with van der Waals surface area (Å²) in [6, 6.07) is -0.0132. The molecular formula is C16H27N5O3S. The molecule has 0 radical (unpaired) electrons. The standard InChI is InChI=1S/C16H27N5O3S/c1-19(2)14-5-4-13(8-14)18-16(22)21-6-7-25(23,24)11-15(21)12-9-17-20(3)10-12/h9-10,13-15H,4-8,11H2,1-3H3,(H,18,22)/t13-,14+,15-/m0/s1. The van der Waals surface area contributed by atoms with Crippen molar-refractivity contribution in [1.82, 2.24) is 24.9 Å². The van der Waals surface area contributed by atoms with Crippen molar-refractivity contribution in [3.05, 3.63) is 18.0 Å². The van der Waals surface area contributed by atoms with Gasteiger partial charge in [0, 0.05) is 37.4 Å². The number of aryl methyl sites for hydroxylation is 1. The molecule has 1 saturated carbocycles. The Hall–Kier alpha value is -1.61. The van der Waals surface area contributed by atoms with Crippen LogP contribution in [0, 0.1) is 0 Å². The molecule has 2 amide bonds. The summed E-state index contributed by atoms with van der Waals surface area (Å²) in [5.41, 5.74) is 0.763. The zero-order chi connectivity index (χ0) is 18.2. The molecule has 9 heteroatoms. The van der Waals surface area contributed by atoms with Gasteiger partial charge >= 0.3 is 6.03 Å². The largest absolute Gasteiger partial charge is 0.335 e. The van der Waals surface area contributed by atoms with E-state index < -0.39 is 15.9 Å². The van der Waals surface area contributed by atoms with Gasteiger partial charge < -0.3 is 15.1 Å². The van der Waals surface area contributed by atoms with Gasteiger partial charge in [-0.3, -0.25) is 4.68 Å². The molecule has 0 bridgehead atoms. The van der Waals surface area contributed by atoms with Gasteiger partial charge in [-0.25, -0.2) is 13.2 Å². The Morgan fingerprint density at radius 2 is 2.12 bits per heavy atom. The zero-order valence-corrected chi connectivity index (χ0v) is 15.9. The van der Waals surface area contributed by atoms with Crippen LogP contribution in [-0.2, 0) is 16.9 Å². The Balaban J connectivity index is 1.71. The van der Waals surface area contributed by atoms with E-state index in [1.165, 1.54) is 0 Å². The third-order valence-corrected chi connectivity index (χ3v) is 6.89. The lowest BCUT2D eigenvalue weighted by Gasteiger charge is -2.35. The van der Waals surface area contributed by atoms with Gasteiger partial charge in [0.1, 0.15) is 0 Å². The first kappa shape index (κ1) is 18.2. The van der Waals surface area contributed by atoms with E-state index >= 15 is 0 Å². The Kier molecular flexibility index (Phi) is 5.06. The van der Waals surface area contributed by atoms with Crippen LogP contribution in [0.5, 0.6) is 0 Å². The maximum Gasteiger partial charge on any atom is 0.318 e. The third-order valence-electron chi connectivity index (χ3n) is 5.26. The predicted molar refractivity (Wildman–Crippen MR) is 95.0 cm³/mol. The van der Waals surface area contributed by atoms with Crippen LogP contribution in [0.25, 0.3) is 0 Å². The number of sulfone groups is 1. The van der Waals surface area contributed by atoms with Crippen molar-refractivity contribution in [2.24, 2.45) is 7.05 Å². The fourth-order valence-corrected chi connectivity index (χ4v) is 5.25. The average molecular weight is 369 g/mol. The normalized spacial score (nSPS) is 29.1. The summed E-state index contributed by atoms with van der Waals surface area (Å²) in [7, 11) is 2.75. The van der Waals surface area contributed by atoms with E-state index in [-0.39, 0.29) is 30.1 Å². The number of rotatable bonds is 3. The zero-order valence-electron chi connectivity index (χ0n) is 15.1. The fourth-order valence-electron chi connectivity index (χ4n) is 3.75. The molecule has 140 valence electrons. The molecule has 2 aliphatic rings. The van der Waals surface area contributed by atoms with Crippen LogP contribution < -0.4 is 5.32 Å². The molecule has 1 saturated heterocycles. The van der Waals surface area contributed by atoms with Gasteiger partial charge in [-0.15, -0.1) is 0 Å². The van der Waals surface area contributed by atoms with Gasteiger partial charge in [-0.05, 0) is 33.4 Å². The van der Waals surface area contributed by atoms with E-state index in [1.807, 2.05) is 0 Å². The van der Waals surface area contributed by atoms with Crippen molar-refractivity contribution in [2.45, 2.75) is 37.4 Å². The maximum atomic E-state index is 12.8. The molecule has 0 spiro atoms. The summed E-state index contributed by atoms with van der Waals surface area (Å²) in [6.07, 6.45) is 6.38. The van der Waals surface area contributed by atoms with Crippen molar-refractivity contribution in [3.63, 3.8) is 0 Å². The van der Waals surface area contributed by atoms with E-state index in [9.17, 15) is 13.2 Å². The number of urea groups is 1. The first-order chi connectivity index (χ1) is 11.7. The molecule has 1 aromatic heterocycles.